The van der Waals surface area contributed by atoms with Crippen LogP contribution in [0.4, 0.5) is 0 Å². The highest BCUT2D eigenvalue weighted by molar-refractivity contribution is 5.79. The van der Waals surface area contributed by atoms with Crippen molar-refractivity contribution in [2.45, 2.75) is 46.0 Å². The zero-order valence-corrected chi connectivity index (χ0v) is 13.2. The molecule has 5 heteroatoms. The van der Waals surface area contributed by atoms with Crippen molar-refractivity contribution in [2.75, 3.05) is 19.6 Å². The van der Waals surface area contributed by atoms with Crippen molar-refractivity contribution in [1.29, 1.82) is 0 Å². The van der Waals surface area contributed by atoms with Crippen molar-refractivity contribution in [1.82, 2.24) is 20.4 Å². The summed E-state index contributed by atoms with van der Waals surface area (Å²) in [5.74, 6) is 0.924. The number of aromatic nitrogens is 2. The summed E-state index contributed by atoms with van der Waals surface area (Å²) in [6, 6.07) is 0. The van der Waals surface area contributed by atoms with Crippen LogP contribution in [0.5, 0.6) is 0 Å². The second kappa shape index (κ2) is 10.3. The van der Waals surface area contributed by atoms with Gasteiger partial charge in [-0.3, -0.25) is 9.67 Å². The molecule has 0 radical (unpaired) electrons. The molecule has 0 spiro atoms. The summed E-state index contributed by atoms with van der Waals surface area (Å²) in [6.07, 6.45) is 9.96. The molecular formula is C15H29N5. The summed E-state index contributed by atoms with van der Waals surface area (Å²) in [7, 11) is 1.94. The highest BCUT2D eigenvalue weighted by Gasteiger charge is 1.99. The van der Waals surface area contributed by atoms with Gasteiger partial charge in [-0.05, 0) is 25.3 Å². The van der Waals surface area contributed by atoms with Crippen LogP contribution in [0.3, 0.4) is 0 Å². The number of guanidine groups is 1. The first-order valence-electron chi connectivity index (χ1n) is 7.76. The van der Waals surface area contributed by atoms with Gasteiger partial charge < -0.3 is 10.6 Å². The average molecular weight is 279 g/mol. The molecule has 0 saturated heterocycles. The fourth-order valence-electron chi connectivity index (χ4n) is 2.00. The Bertz CT molecular complexity index is 383. The van der Waals surface area contributed by atoms with Crippen LogP contribution in [-0.2, 0) is 13.5 Å². The maximum absolute atomic E-state index is 4.60. The molecule has 0 amide bonds. The quantitative estimate of drug-likeness (QED) is 0.413. The molecule has 114 valence electrons. The van der Waals surface area contributed by atoms with E-state index in [4.69, 9.17) is 0 Å². The van der Waals surface area contributed by atoms with Crippen LogP contribution in [-0.4, -0.2) is 35.4 Å². The van der Waals surface area contributed by atoms with Crippen LogP contribution in [0.15, 0.2) is 17.4 Å². The number of aliphatic imine (C=N–C) groups is 1. The third-order valence-corrected chi connectivity index (χ3v) is 3.09. The van der Waals surface area contributed by atoms with Crippen molar-refractivity contribution >= 4 is 5.96 Å². The SMILES string of the molecule is CCCCCCN=C(NCC)NCCc1cnn(C)c1. The van der Waals surface area contributed by atoms with Crippen LogP contribution in [0.2, 0.25) is 0 Å². The zero-order valence-electron chi connectivity index (χ0n) is 13.2. The van der Waals surface area contributed by atoms with E-state index < -0.39 is 0 Å². The van der Waals surface area contributed by atoms with Crippen molar-refractivity contribution in [3.8, 4) is 0 Å². The molecule has 2 N–H and O–H groups in total. The fraction of sp³-hybridized carbons (Fsp3) is 0.733. The fourth-order valence-corrected chi connectivity index (χ4v) is 2.00. The van der Waals surface area contributed by atoms with Gasteiger partial charge in [0.05, 0.1) is 6.20 Å². The van der Waals surface area contributed by atoms with Gasteiger partial charge in [0, 0.05) is 32.9 Å². The van der Waals surface area contributed by atoms with E-state index in [1.54, 1.807) is 0 Å². The van der Waals surface area contributed by atoms with Crippen LogP contribution in [0, 0.1) is 0 Å². The predicted molar refractivity (Wildman–Crippen MR) is 85.0 cm³/mol. The average Bonchev–Trinajstić information content (AvgIpc) is 2.84. The molecule has 0 aromatic carbocycles. The Kier molecular flexibility index (Phi) is 8.51. The smallest absolute Gasteiger partial charge is 0.191 e. The lowest BCUT2D eigenvalue weighted by atomic mass is 10.2. The third-order valence-electron chi connectivity index (χ3n) is 3.09. The number of unbranched alkanes of at least 4 members (excludes halogenated alkanes) is 3. The molecule has 1 aromatic heterocycles. The van der Waals surface area contributed by atoms with Crippen molar-refractivity contribution < 1.29 is 0 Å². The van der Waals surface area contributed by atoms with E-state index in [1.807, 2.05) is 17.9 Å². The summed E-state index contributed by atoms with van der Waals surface area (Å²) in [6.45, 7) is 7.01. The zero-order chi connectivity index (χ0) is 14.6. The van der Waals surface area contributed by atoms with Gasteiger partial charge in [-0.25, -0.2) is 0 Å². The number of nitrogens with one attached hydrogen (secondary N) is 2. The van der Waals surface area contributed by atoms with E-state index in [0.29, 0.717) is 0 Å². The van der Waals surface area contributed by atoms with Crippen LogP contribution in [0.1, 0.15) is 45.1 Å². The Balaban J connectivity index is 2.25. The highest BCUT2D eigenvalue weighted by atomic mass is 15.2. The second-order valence-electron chi connectivity index (χ2n) is 5.02. The monoisotopic (exact) mass is 279 g/mol. The molecule has 0 saturated carbocycles. The Morgan fingerprint density at radius 3 is 2.75 bits per heavy atom. The van der Waals surface area contributed by atoms with Crippen LogP contribution >= 0.6 is 0 Å². The minimum atomic E-state index is 0.881. The number of hydrogen-bond acceptors (Lipinski definition) is 2. The van der Waals surface area contributed by atoms with Crippen LogP contribution < -0.4 is 10.6 Å². The first kappa shape index (κ1) is 16.5. The van der Waals surface area contributed by atoms with Gasteiger partial charge in [0.25, 0.3) is 0 Å². The Hall–Kier alpha value is -1.52. The lowest BCUT2D eigenvalue weighted by molar-refractivity contribution is 0.670. The van der Waals surface area contributed by atoms with Crippen LogP contribution in [0.25, 0.3) is 0 Å². The largest absolute Gasteiger partial charge is 0.357 e. The third kappa shape index (κ3) is 7.16. The number of nitrogens with zero attached hydrogens (tertiary/aromatic N) is 3. The minimum Gasteiger partial charge on any atom is -0.357 e. The maximum atomic E-state index is 4.60. The Morgan fingerprint density at radius 2 is 2.10 bits per heavy atom. The Labute approximate surface area is 122 Å². The van der Waals surface area contributed by atoms with Gasteiger partial charge in [0.2, 0.25) is 0 Å². The summed E-state index contributed by atoms with van der Waals surface area (Å²) < 4.78 is 1.84. The Morgan fingerprint density at radius 1 is 1.25 bits per heavy atom. The molecule has 5 nitrogen and oxygen atoms in total. The molecule has 0 bridgehead atoms. The second-order valence-corrected chi connectivity index (χ2v) is 5.02. The number of aryl methyl sites for hydroxylation is 1. The van der Waals surface area contributed by atoms with E-state index in [9.17, 15) is 0 Å². The summed E-state index contributed by atoms with van der Waals surface area (Å²) in [5, 5.41) is 10.8. The molecule has 0 unspecified atom stereocenters. The van der Waals surface area contributed by atoms with E-state index in [0.717, 1.165) is 32.0 Å². The lowest BCUT2D eigenvalue weighted by Crippen LogP contribution is -2.38. The molecule has 1 aromatic rings. The van der Waals surface area contributed by atoms with E-state index in [-0.39, 0.29) is 0 Å². The molecule has 20 heavy (non-hydrogen) atoms. The topological polar surface area (TPSA) is 54.2 Å². The van der Waals surface area contributed by atoms with E-state index in [2.05, 4.69) is 40.8 Å². The van der Waals surface area contributed by atoms with E-state index >= 15 is 0 Å². The molecular weight excluding hydrogens is 250 g/mol. The van der Waals surface area contributed by atoms with Gasteiger partial charge in [0.15, 0.2) is 5.96 Å². The van der Waals surface area contributed by atoms with Gasteiger partial charge in [-0.2, -0.15) is 5.10 Å². The van der Waals surface area contributed by atoms with Crippen molar-refractivity contribution in [3.05, 3.63) is 18.0 Å². The van der Waals surface area contributed by atoms with Gasteiger partial charge in [-0.1, -0.05) is 26.2 Å². The maximum Gasteiger partial charge on any atom is 0.191 e. The molecule has 1 rings (SSSR count). The molecule has 1 heterocycles. The standard InChI is InChI=1S/C15H29N5/c1-4-6-7-8-10-17-15(16-5-2)18-11-9-14-12-19-20(3)13-14/h12-13H,4-11H2,1-3H3,(H2,16,17,18). The van der Waals surface area contributed by atoms with Gasteiger partial charge in [-0.15, -0.1) is 0 Å². The molecule has 0 aliphatic carbocycles. The van der Waals surface area contributed by atoms with Crippen molar-refractivity contribution in [3.63, 3.8) is 0 Å². The van der Waals surface area contributed by atoms with Gasteiger partial charge >= 0.3 is 0 Å². The molecule has 0 aliphatic heterocycles. The van der Waals surface area contributed by atoms with E-state index in [1.165, 1.54) is 31.2 Å². The number of hydrogen-bond donors (Lipinski definition) is 2. The highest BCUT2D eigenvalue weighted by Crippen LogP contribution is 1.99. The molecule has 0 aliphatic rings. The first-order chi connectivity index (χ1) is 9.76. The van der Waals surface area contributed by atoms with Gasteiger partial charge in [0.1, 0.15) is 0 Å². The summed E-state index contributed by atoms with van der Waals surface area (Å²) >= 11 is 0. The first-order valence-corrected chi connectivity index (χ1v) is 7.76. The minimum absolute atomic E-state index is 0.881. The molecule has 0 fully saturated rings. The summed E-state index contributed by atoms with van der Waals surface area (Å²) in [4.78, 5) is 4.60. The number of rotatable bonds is 9. The predicted octanol–water partition coefficient (Wildman–Crippen LogP) is 2.10. The summed E-state index contributed by atoms with van der Waals surface area (Å²) in [5.41, 5.74) is 1.25. The lowest BCUT2D eigenvalue weighted by Gasteiger charge is -2.10. The van der Waals surface area contributed by atoms with Crippen molar-refractivity contribution in [2.24, 2.45) is 12.0 Å². The molecule has 0 atom stereocenters. The normalized spacial score (nSPS) is 11.7.